The molecule has 0 saturated carbocycles. The second-order valence-corrected chi connectivity index (χ2v) is 2.76. The maximum absolute atomic E-state index is 3.71. The van der Waals surface area contributed by atoms with Crippen molar-refractivity contribution in [2.45, 2.75) is 19.8 Å². The Morgan fingerprint density at radius 3 is 2.20 bits per heavy atom. The molecular weight excluding hydrogens is 289 g/mol. The summed E-state index contributed by atoms with van der Waals surface area (Å²) in [5, 5.41) is 0. The van der Waals surface area contributed by atoms with Gasteiger partial charge in [0.2, 0.25) is 0 Å². The molecule has 1 nitrogen and oxygen atoms in total. The fraction of sp³-hybridized carbons (Fsp3) is 0.500. The van der Waals surface area contributed by atoms with E-state index >= 15 is 0 Å². The van der Waals surface area contributed by atoms with Crippen LogP contribution in [0.3, 0.4) is 0 Å². The Labute approximate surface area is 164 Å². The molecule has 1 heterocycles. The van der Waals surface area contributed by atoms with Crippen molar-refractivity contribution in [3.63, 3.8) is 0 Å². The summed E-state index contributed by atoms with van der Waals surface area (Å²) in [6.07, 6.45) is 2.85. The molecule has 1 rings (SSSR count). The minimum atomic E-state index is 0. The van der Waals surface area contributed by atoms with Gasteiger partial charge >= 0.3 is 116 Å². The molecule has 1 aromatic rings. The summed E-state index contributed by atoms with van der Waals surface area (Å²) >= 11 is 1.54. The van der Waals surface area contributed by atoms with E-state index in [-0.39, 0.29) is 116 Å². The van der Waals surface area contributed by atoms with Gasteiger partial charge in [-0.05, 0) is 5.92 Å². The van der Waals surface area contributed by atoms with Crippen LogP contribution in [0.4, 0.5) is 0 Å². The molecule has 0 N–H and O–H groups in total. The monoisotopic (exact) mass is 295 g/mol. The average molecular weight is 296 g/mol. The molecule has 0 fully saturated rings. The molecule has 0 aliphatic carbocycles. The molecule has 4 heteroatoms. The van der Waals surface area contributed by atoms with E-state index in [0.717, 1.165) is 0 Å². The first-order valence-corrected chi connectivity index (χ1v) is 3.37. The van der Waals surface area contributed by atoms with Crippen LogP contribution in [0, 0.1) is 11.7 Å². The van der Waals surface area contributed by atoms with Gasteiger partial charge < -0.3 is 28.0 Å². The Kier molecular flexibility index (Phi) is 13.9. The van der Waals surface area contributed by atoms with Crippen molar-refractivity contribution in [3.05, 3.63) is 16.6 Å². The molecule has 0 spiro atoms. The standard InChI is InChI=1S/C6H7NS.2Rb/c1-5(2)6-3-7-4-8-6;;/h5H,1-2H3;;/q-2;2*+1. The molecule has 1 aromatic heterocycles. The molecule has 0 unspecified atom stereocenters. The van der Waals surface area contributed by atoms with Crippen LogP contribution in [0.25, 0.3) is 0 Å². The van der Waals surface area contributed by atoms with Crippen LogP contribution in [0.1, 0.15) is 24.6 Å². The third-order valence-corrected chi connectivity index (χ3v) is 1.86. The smallest absolute Gasteiger partial charge is 0.665 e. The predicted octanol–water partition coefficient (Wildman–Crippen LogP) is -4.13. The fourth-order valence-electron chi connectivity index (χ4n) is 0.420. The first-order valence-electron chi connectivity index (χ1n) is 2.55. The Balaban J connectivity index is 0. The molecular formula is C6H7NRb2S. The summed E-state index contributed by atoms with van der Waals surface area (Å²) in [4.78, 5) is 4.90. The van der Waals surface area contributed by atoms with Crippen molar-refractivity contribution >= 4 is 11.3 Å². The largest absolute Gasteiger partial charge is 1.00 e. The molecule has 0 aromatic carbocycles. The van der Waals surface area contributed by atoms with Crippen molar-refractivity contribution < 1.29 is 116 Å². The van der Waals surface area contributed by atoms with Crippen molar-refractivity contribution in [3.8, 4) is 0 Å². The first-order chi connectivity index (χ1) is 3.80. The first kappa shape index (κ1) is 15.7. The van der Waals surface area contributed by atoms with Crippen LogP contribution in [-0.2, 0) is 0 Å². The molecule has 10 heavy (non-hydrogen) atoms. The van der Waals surface area contributed by atoms with Gasteiger partial charge in [-0.1, -0.05) is 13.8 Å². The van der Waals surface area contributed by atoms with E-state index in [1.165, 1.54) is 16.2 Å². The van der Waals surface area contributed by atoms with Gasteiger partial charge in [-0.3, -0.25) is 0 Å². The second-order valence-electron chi connectivity index (χ2n) is 1.94. The minimum absolute atomic E-state index is 0. The number of hydrogen-bond donors (Lipinski definition) is 0. The number of thiazole rings is 1. The summed E-state index contributed by atoms with van der Waals surface area (Å²) < 4.78 is 0. The van der Waals surface area contributed by atoms with Gasteiger partial charge in [-0.15, -0.1) is 0 Å². The van der Waals surface area contributed by atoms with Gasteiger partial charge in [-0.2, -0.15) is 4.88 Å². The SMILES string of the molecule is CC(C)c1[c-]n[c-]s1.[Rb+].[Rb+]. The van der Waals surface area contributed by atoms with Gasteiger partial charge in [0.1, 0.15) is 0 Å². The van der Waals surface area contributed by atoms with E-state index < -0.39 is 0 Å². The number of hydrogen-bond acceptors (Lipinski definition) is 2. The Morgan fingerprint density at radius 1 is 1.40 bits per heavy atom. The van der Waals surface area contributed by atoms with Crippen LogP contribution < -0.4 is 116 Å². The van der Waals surface area contributed by atoms with E-state index in [1.807, 2.05) is 0 Å². The van der Waals surface area contributed by atoms with E-state index in [2.05, 4.69) is 30.5 Å². The van der Waals surface area contributed by atoms with E-state index in [9.17, 15) is 0 Å². The van der Waals surface area contributed by atoms with Crippen LogP contribution in [0.5, 0.6) is 0 Å². The normalized spacial score (nSPS) is 8.30. The third kappa shape index (κ3) is 5.81. The van der Waals surface area contributed by atoms with Crippen molar-refractivity contribution in [2.75, 3.05) is 0 Å². The Morgan fingerprint density at radius 2 is 2.00 bits per heavy atom. The molecule has 0 amide bonds. The Hall–Kier alpha value is 3.24. The number of aromatic nitrogens is 1. The zero-order chi connectivity index (χ0) is 5.98. The zero-order valence-corrected chi connectivity index (χ0v) is 17.6. The number of rotatable bonds is 1. The van der Waals surface area contributed by atoms with Crippen molar-refractivity contribution in [2.24, 2.45) is 0 Å². The van der Waals surface area contributed by atoms with Crippen LogP contribution >= 0.6 is 11.3 Å². The topological polar surface area (TPSA) is 12.9 Å². The van der Waals surface area contributed by atoms with Gasteiger partial charge in [0.25, 0.3) is 0 Å². The molecule has 0 aliphatic rings. The molecule has 0 atom stereocenters. The quantitative estimate of drug-likeness (QED) is 0.480. The van der Waals surface area contributed by atoms with Gasteiger partial charge in [0.05, 0.1) is 0 Å². The zero-order valence-electron chi connectivity index (χ0n) is 6.93. The number of nitrogens with zero attached hydrogens (tertiary/aromatic N) is 1. The maximum atomic E-state index is 3.71. The second kappa shape index (κ2) is 8.82. The molecule has 0 saturated heterocycles. The van der Waals surface area contributed by atoms with Gasteiger partial charge in [-0.25, -0.2) is 0 Å². The molecule has 44 valence electrons. The maximum Gasteiger partial charge on any atom is 1.00 e. The minimum Gasteiger partial charge on any atom is -0.665 e. The predicted molar refractivity (Wildman–Crippen MR) is 33.9 cm³/mol. The Bertz CT molecular complexity index is 151. The molecule has 0 aliphatic heterocycles. The van der Waals surface area contributed by atoms with Crippen molar-refractivity contribution in [1.82, 2.24) is 4.98 Å². The van der Waals surface area contributed by atoms with E-state index in [4.69, 9.17) is 0 Å². The van der Waals surface area contributed by atoms with E-state index in [0.29, 0.717) is 5.92 Å². The fourth-order valence-corrected chi connectivity index (χ4v) is 0.936. The molecule has 0 bridgehead atoms. The third-order valence-electron chi connectivity index (χ3n) is 0.892. The van der Waals surface area contributed by atoms with Crippen LogP contribution in [0.2, 0.25) is 0 Å². The molecule has 0 radical (unpaired) electrons. The van der Waals surface area contributed by atoms with E-state index in [1.54, 1.807) is 0 Å². The van der Waals surface area contributed by atoms with Gasteiger partial charge in [0, 0.05) is 0 Å². The van der Waals surface area contributed by atoms with Crippen LogP contribution in [-0.4, -0.2) is 4.98 Å². The summed E-state index contributed by atoms with van der Waals surface area (Å²) in [6.45, 7) is 4.25. The summed E-state index contributed by atoms with van der Waals surface area (Å²) in [7, 11) is 0. The summed E-state index contributed by atoms with van der Waals surface area (Å²) in [5.41, 5.74) is 2.75. The van der Waals surface area contributed by atoms with Gasteiger partial charge in [0.15, 0.2) is 0 Å². The summed E-state index contributed by atoms with van der Waals surface area (Å²) in [6, 6.07) is 0. The van der Waals surface area contributed by atoms with Crippen molar-refractivity contribution in [1.29, 1.82) is 0 Å². The average Bonchev–Trinajstić information content (AvgIpc) is 2.12. The summed E-state index contributed by atoms with van der Waals surface area (Å²) in [5.74, 6) is 0.554. The van der Waals surface area contributed by atoms with Crippen LogP contribution in [0.15, 0.2) is 0 Å².